The van der Waals surface area contributed by atoms with Crippen LogP contribution in [-0.4, -0.2) is 76.5 Å². The average molecular weight is 432 g/mol. The number of nitrogens with one attached hydrogen (secondary N) is 3. The third-order valence-corrected chi connectivity index (χ3v) is 3.89. The van der Waals surface area contributed by atoms with Crippen molar-refractivity contribution in [3.8, 4) is 0 Å². The third-order valence-electron chi connectivity index (χ3n) is 3.89. The quantitative estimate of drug-likeness (QED) is 0.139. The number of aliphatic hydroxyl groups excluding tert-OH is 1. The Morgan fingerprint density at radius 1 is 0.767 bits per heavy atom. The van der Waals surface area contributed by atoms with Crippen molar-refractivity contribution < 1.29 is 39.0 Å². The van der Waals surface area contributed by atoms with Crippen LogP contribution < -0.4 is 33.2 Å². The molecule has 11 N–H and O–H groups in total. The first-order valence-corrected chi connectivity index (χ1v) is 8.87. The first-order valence-electron chi connectivity index (χ1n) is 8.87. The zero-order valence-electron chi connectivity index (χ0n) is 16.6. The number of amides is 5. The van der Waals surface area contributed by atoms with Gasteiger partial charge in [-0.05, 0) is 5.92 Å². The molecule has 30 heavy (non-hydrogen) atoms. The number of primary amides is 2. The minimum Gasteiger partial charge on any atom is -0.480 e. The summed E-state index contributed by atoms with van der Waals surface area (Å²) in [5.74, 6) is -6.79. The van der Waals surface area contributed by atoms with E-state index < -0.39 is 79.1 Å². The van der Waals surface area contributed by atoms with Gasteiger partial charge >= 0.3 is 5.97 Å². The lowest BCUT2D eigenvalue weighted by atomic mass is 10.0. The summed E-state index contributed by atoms with van der Waals surface area (Å²) in [5.41, 5.74) is 15.6. The number of carbonyl (C=O) groups is 6. The number of nitrogens with two attached hydrogens (primary N) is 3. The van der Waals surface area contributed by atoms with Gasteiger partial charge in [0, 0.05) is 0 Å². The molecule has 0 aliphatic heterocycles. The van der Waals surface area contributed by atoms with Crippen LogP contribution in [-0.2, 0) is 28.8 Å². The van der Waals surface area contributed by atoms with Gasteiger partial charge in [0.05, 0.1) is 25.5 Å². The smallest absolute Gasteiger partial charge is 0.326 e. The van der Waals surface area contributed by atoms with Crippen molar-refractivity contribution in [2.75, 3.05) is 6.61 Å². The van der Waals surface area contributed by atoms with Crippen molar-refractivity contribution in [2.45, 2.75) is 50.9 Å². The summed E-state index contributed by atoms with van der Waals surface area (Å²) >= 11 is 0. The summed E-state index contributed by atoms with van der Waals surface area (Å²) in [5, 5.41) is 24.7. The molecular formula is C16H28N6O8. The van der Waals surface area contributed by atoms with E-state index in [0.717, 1.165) is 0 Å². The van der Waals surface area contributed by atoms with Gasteiger partial charge in [0.15, 0.2) is 0 Å². The molecule has 4 atom stereocenters. The molecule has 4 unspecified atom stereocenters. The topological polar surface area (TPSA) is 257 Å². The van der Waals surface area contributed by atoms with E-state index in [1.54, 1.807) is 13.8 Å². The highest BCUT2D eigenvalue weighted by Crippen LogP contribution is 2.01. The van der Waals surface area contributed by atoms with Crippen LogP contribution in [0.2, 0.25) is 0 Å². The maximum Gasteiger partial charge on any atom is 0.326 e. The highest BCUT2D eigenvalue weighted by atomic mass is 16.4. The predicted octanol–water partition coefficient (Wildman–Crippen LogP) is -4.75. The largest absolute Gasteiger partial charge is 0.480 e. The molecule has 0 aromatic heterocycles. The third kappa shape index (κ3) is 9.29. The highest BCUT2D eigenvalue weighted by molar-refractivity contribution is 5.96. The van der Waals surface area contributed by atoms with Crippen LogP contribution in [0.15, 0.2) is 0 Å². The van der Waals surface area contributed by atoms with Gasteiger partial charge in [-0.2, -0.15) is 0 Å². The van der Waals surface area contributed by atoms with Crippen LogP contribution in [0.4, 0.5) is 0 Å². The maximum atomic E-state index is 12.3. The van der Waals surface area contributed by atoms with Gasteiger partial charge in [-0.1, -0.05) is 13.8 Å². The molecule has 0 rings (SSSR count). The average Bonchev–Trinajstić information content (AvgIpc) is 2.62. The van der Waals surface area contributed by atoms with Crippen molar-refractivity contribution >= 4 is 35.5 Å². The molecule has 0 aliphatic carbocycles. The van der Waals surface area contributed by atoms with E-state index in [4.69, 9.17) is 22.3 Å². The minimum absolute atomic E-state index is 0.265. The summed E-state index contributed by atoms with van der Waals surface area (Å²) in [4.78, 5) is 70.0. The zero-order chi connectivity index (χ0) is 23.6. The standard InChI is InChI=1S/C16H28N6O8/c1-6(2)12(19)15(28)22-9(5-23)14(27)20-7(3-10(17)24)13(26)21-8(16(29)30)4-11(18)25/h6-9,12,23H,3-5,19H2,1-2H3,(H2,17,24)(H2,18,25)(H,20,27)(H,21,26)(H,22,28)(H,29,30). The van der Waals surface area contributed by atoms with Crippen molar-refractivity contribution in [2.24, 2.45) is 23.1 Å². The summed E-state index contributed by atoms with van der Waals surface area (Å²) < 4.78 is 0. The lowest BCUT2D eigenvalue weighted by Gasteiger charge is -2.24. The van der Waals surface area contributed by atoms with Gasteiger partial charge in [0.25, 0.3) is 0 Å². The first kappa shape index (κ1) is 26.7. The molecule has 0 saturated heterocycles. The molecule has 0 heterocycles. The SMILES string of the molecule is CC(C)C(N)C(=O)NC(CO)C(=O)NC(CC(N)=O)C(=O)NC(CC(N)=O)C(=O)O. The predicted molar refractivity (Wildman–Crippen MR) is 101 cm³/mol. The molecule has 0 fully saturated rings. The Kier molecular flexibility index (Phi) is 11.0. The molecule has 14 heteroatoms. The minimum atomic E-state index is -1.71. The Bertz CT molecular complexity index is 683. The number of aliphatic carboxylic acids is 1. The second-order valence-corrected chi connectivity index (χ2v) is 6.82. The van der Waals surface area contributed by atoms with Gasteiger partial charge in [0.2, 0.25) is 29.5 Å². The van der Waals surface area contributed by atoms with Gasteiger partial charge in [-0.3, -0.25) is 24.0 Å². The lowest BCUT2D eigenvalue weighted by molar-refractivity contribution is -0.144. The molecule has 14 nitrogen and oxygen atoms in total. The van der Waals surface area contributed by atoms with Crippen molar-refractivity contribution in [3.63, 3.8) is 0 Å². The Balaban J connectivity index is 5.33. The second-order valence-electron chi connectivity index (χ2n) is 6.82. The molecule has 0 aromatic carbocycles. The number of carboxylic acid groups (broad SMARTS) is 1. The molecule has 0 aromatic rings. The number of carbonyl (C=O) groups excluding carboxylic acids is 5. The number of carboxylic acids is 1. The Labute approximate surface area is 171 Å². The van der Waals surface area contributed by atoms with Crippen LogP contribution in [0.1, 0.15) is 26.7 Å². The van der Waals surface area contributed by atoms with E-state index in [1.165, 1.54) is 0 Å². The van der Waals surface area contributed by atoms with Crippen LogP contribution in [0, 0.1) is 5.92 Å². The summed E-state index contributed by atoms with van der Waals surface area (Å²) in [6.45, 7) is 2.47. The molecule has 0 aliphatic rings. The van der Waals surface area contributed by atoms with E-state index in [2.05, 4.69) is 10.6 Å². The van der Waals surface area contributed by atoms with Gasteiger partial charge in [-0.25, -0.2) is 4.79 Å². The van der Waals surface area contributed by atoms with Crippen LogP contribution in [0.25, 0.3) is 0 Å². The molecule has 0 bridgehead atoms. The first-order chi connectivity index (χ1) is 13.8. The Morgan fingerprint density at radius 3 is 1.57 bits per heavy atom. The molecule has 5 amide bonds. The Hall–Kier alpha value is -3.26. The van der Waals surface area contributed by atoms with E-state index in [0.29, 0.717) is 0 Å². The summed E-state index contributed by atoms with van der Waals surface area (Å²) in [6, 6.07) is -5.83. The molecule has 0 spiro atoms. The monoisotopic (exact) mass is 432 g/mol. The second kappa shape index (κ2) is 12.3. The van der Waals surface area contributed by atoms with E-state index in [1.807, 2.05) is 5.32 Å². The molecule has 170 valence electrons. The van der Waals surface area contributed by atoms with Crippen molar-refractivity contribution in [1.82, 2.24) is 16.0 Å². The van der Waals surface area contributed by atoms with Gasteiger partial charge in [-0.15, -0.1) is 0 Å². The lowest BCUT2D eigenvalue weighted by Crippen LogP contribution is -2.59. The van der Waals surface area contributed by atoms with Crippen molar-refractivity contribution in [1.29, 1.82) is 0 Å². The number of aliphatic hydroxyl groups is 1. The summed E-state index contributed by atoms with van der Waals surface area (Å²) in [6.07, 6.45) is -1.46. The molecular weight excluding hydrogens is 404 g/mol. The highest BCUT2D eigenvalue weighted by Gasteiger charge is 2.31. The maximum absolute atomic E-state index is 12.3. The number of rotatable bonds is 13. The van der Waals surface area contributed by atoms with E-state index in [-0.39, 0.29) is 5.92 Å². The van der Waals surface area contributed by atoms with Gasteiger partial charge in [0.1, 0.15) is 18.1 Å². The normalized spacial score (nSPS) is 14.7. The van der Waals surface area contributed by atoms with Crippen LogP contribution in [0.5, 0.6) is 0 Å². The van der Waals surface area contributed by atoms with Gasteiger partial charge < -0.3 is 43.4 Å². The molecule has 0 saturated carbocycles. The molecule has 0 radical (unpaired) electrons. The fourth-order valence-corrected chi connectivity index (χ4v) is 2.12. The van der Waals surface area contributed by atoms with Crippen molar-refractivity contribution in [3.05, 3.63) is 0 Å². The van der Waals surface area contributed by atoms with Crippen LogP contribution in [0.3, 0.4) is 0 Å². The fraction of sp³-hybridized carbons (Fsp3) is 0.625. The van der Waals surface area contributed by atoms with E-state index >= 15 is 0 Å². The summed E-state index contributed by atoms with van der Waals surface area (Å²) in [7, 11) is 0. The van der Waals surface area contributed by atoms with Crippen LogP contribution >= 0.6 is 0 Å². The van der Waals surface area contributed by atoms with E-state index in [9.17, 15) is 33.9 Å². The zero-order valence-corrected chi connectivity index (χ0v) is 16.6. The Morgan fingerprint density at radius 2 is 1.17 bits per heavy atom. The fourth-order valence-electron chi connectivity index (χ4n) is 2.12. The number of hydrogen-bond acceptors (Lipinski definition) is 8. The number of hydrogen-bond donors (Lipinski definition) is 8.